The van der Waals surface area contributed by atoms with Crippen molar-refractivity contribution in [2.75, 3.05) is 45.2 Å². The summed E-state index contributed by atoms with van der Waals surface area (Å²) in [5.74, 6) is 4.30. The van der Waals surface area contributed by atoms with Crippen molar-refractivity contribution < 1.29 is 18.9 Å². The van der Waals surface area contributed by atoms with E-state index in [1.807, 2.05) is 50.2 Å². The molecule has 0 aliphatic carbocycles. The van der Waals surface area contributed by atoms with Crippen LogP contribution < -0.4 is 29.6 Å². The van der Waals surface area contributed by atoms with Crippen molar-refractivity contribution in [3.8, 4) is 23.0 Å². The third-order valence-corrected chi connectivity index (χ3v) is 4.84. The van der Waals surface area contributed by atoms with Crippen molar-refractivity contribution in [2.24, 2.45) is 4.99 Å². The summed E-state index contributed by atoms with van der Waals surface area (Å²) in [5, 5.41) is 6.72. The quantitative estimate of drug-likeness (QED) is 0.168. The first-order valence-electron chi connectivity index (χ1n) is 10.1. The van der Waals surface area contributed by atoms with E-state index in [1.165, 1.54) is 0 Å². The highest BCUT2D eigenvalue weighted by atomic mass is 127. The standard InChI is InChI=1S/C23H33N3O4S.HI/c1-16(2)30-19-9-7-18(8-10-19)26-23(24-11-12-31-6)25-15-17-13-20(27-3)22(29-5)21(14-17)28-4;/h7-10,13-14,16H,11-12,15H2,1-6H3,(H2,24,25,26);1H. The van der Waals surface area contributed by atoms with Crippen LogP contribution in [0.25, 0.3) is 0 Å². The number of ether oxygens (including phenoxy) is 4. The van der Waals surface area contributed by atoms with Crippen LogP contribution >= 0.6 is 35.7 Å². The summed E-state index contributed by atoms with van der Waals surface area (Å²) >= 11 is 1.78. The lowest BCUT2D eigenvalue weighted by Crippen LogP contribution is -2.32. The average molecular weight is 576 g/mol. The van der Waals surface area contributed by atoms with Crippen LogP contribution in [0, 0.1) is 0 Å². The lowest BCUT2D eigenvalue weighted by Gasteiger charge is -2.15. The predicted molar refractivity (Wildman–Crippen MR) is 145 cm³/mol. The largest absolute Gasteiger partial charge is 0.493 e. The van der Waals surface area contributed by atoms with Crippen molar-refractivity contribution in [1.82, 2.24) is 5.32 Å². The molecule has 32 heavy (non-hydrogen) atoms. The summed E-state index contributed by atoms with van der Waals surface area (Å²) in [6, 6.07) is 11.7. The topological polar surface area (TPSA) is 73.3 Å². The molecule has 2 aromatic carbocycles. The number of anilines is 1. The number of benzene rings is 2. The number of nitrogens with one attached hydrogen (secondary N) is 2. The van der Waals surface area contributed by atoms with Gasteiger partial charge >= 0.3 is 0 Å². The Morgan fingerprint density at radius 1 is 1.00 bits per heavy atom. The first kappa shape index (κ1) is 28.0. The van der Waals surface area contributed by atoms with E-state index in [0.29, 0.717) is 29.8 Å². The van der Waals surface area contributed by atoms with Crippen molar-refractivity contribution in [3.63, 3.8) is 0 Å². The predicted octanol–water partition coefficient (Wildman–Crippen LogP) is 5.04. The van der Waals surface area contributed by atoms with Gasteiger partial charge in [-0.1, -0.05) is 0 Å². The molecule has 0 amide bonds. The van der Waals surface area contributed by atoms with Gasteiger partial charge in [-0.2, -0.15) is 11.8 Å². The van der Waals surface area contributed by atoms with E-state index in [9.17, 15) is 0 Å². The van der Waals surface area contributed by atoms with Gasteiger partial charge in [-0.15, -0.1) is 24.0 Å². The number of thioether (sulfide) groups is 1. The number of halogens is 1. The first-order valence-corrected chi connectivity index (χ1v) is 11.5. The number of methoxy groups -OCH3 is 3. The fourth-order valence-corrected chi connectivity index (χ4v) is 3.14. The fraction of sp³-hybridized carbons (Fsp3) is 0.435. The van der Waals surface area contributed by atoms with Gasteiger partial charge in [-0.3, -0.25) is 0 Å². The van der Waals surface area contributed by atoms with Gasteiger partial charge in [0, 0.05) is 18.0 Å². The van der Waals surface area contributed by atoms with Crippen molar-refractivity contribution in [1.29, 1.82) is 0 Å². The maximum atomic E-state index is 5.71. The van der Waals surface area contributed by atoms with E-state index in [4.69, 9.17) is 23.9 Å². The highest BCUT2D eigenvalue weighted by molar-refractivity contribution is 14.0. The molecule has 178 valence electrons. The van der Waals surface area contributed by atoms with Gasteiger partial charge in [0.2, 0.25) is 5.75 Å². The second-order valence-corrected chi connectivity index (χ2v) is 7.92. The van der Waals surface area contributed by atoms with Gasteiger partial charge < -0.3 is 29.6 Å². The molecule has 0 bridgehead atoms. The Hall–Kier alpha value is -2.01. The molecule has 7 nitrogen and oxygen atoms in total. The Morgan fingerprint density at radius 3 is 2.12 bits per heavy atom. The Balaban J connectivity index is 0.00000512. The number of nitrogens with zero attached hydrogens (tertiary/aromatic N) is 1. The number of rotatable bonds is 11. The van der Waals surface area contributed by atoms with E-state index < -0.39 is 0 Å². The van der Waals surface area contributed by atoms with E-state index in [1.54, 1.807) is 33.1 Å². The van der Waals surface area contributed by atoms with Gasteiger partial charge in [-0.25, -0.2) is 4.99 Å². The third-order valence-electron chi connectivity index (χ3n) is 4.23. The zero-order valence-corrected chi connectivity index (χ0v) is 22.7. The van der Waals surface area contributed by atoms with E-state index in [2.05, 4.69) is 16.9 Å². The van der Waals surface area contributed by atoms with Crippen LogP contribution in [0.4, 0.5) is 5.69 Å². The molecule has 9 heteroatoms. The Kier molecular flexibility index (Phi) is 13.1. The van der Waals surface area contributed by atoms with E-state index in [0.717, 1.165) is 29.3 Å². The maximum Gasteiger partial charge on any atom is 0.203 e. The number of aliphatic imine (C=N–C) groups is 1. The van der Waals surface area contributed by atoms with Gasteiger partial charge in [0.15, 0.2) is 17.5 Å². The van der Waals surface area contributed by atoms with Crippen LogP contribution in [0.5, 0.6) is 23.0 Å². The van der Waals surface area contributed by atoms with E-state index >= 15 is 0 Å². The molecule has 2 N–H and O–H groups in total. The van der Waals surface area contributed by atoms with Crippen LogP contribution in [-0.2, 0) is 6.54 Å². The lowest BCUT2D eigenvalue weighted by atomic mass is 10.2. The van der Waals surface area contributed by atoms with Gasteiger partial charge in [0.1, 0.15) is 5.75 Å². The second-order valence-electron chi connectivity index (χ2n) is 6.93. The zero-order valence-electron chi connectivity index (χ0n) is 19.6. The maximum absolute atomic E-state index is 5.71. The minimum absolute atomic E-state index is 0. The molecular formula is C23H34IN3O4S. The molecular weight excluding hydrogens is 541 g/mol. The molecule has 0 saturated heterocycles. The number of guanidine groups is 1. The first-order chi connectivity index (χ1) is 15.0. The summed E-state index contributed by atoms with van der Waals surface area (Å²) in [7, 11) is 4.80. The highest BCUT2D eigenvalue weighted by Gasteiger charge is 2.13. The smallest absolute Gasteiger partial charge is 0.203 e. The monoisotopic (exact) mass is 575 g/mol. The molecule has 0 aliphatic heterocycles. The van der Waals surface area contributed by atoms with Crippen LogP contribution in [0.2, 0.25) is 0 Å². The Bertz CT molecular complexity index is 823. The summed E-state index contributed by atoms with van der Waals surface area (Å²) in [4.78, 5) is 4.74. The van der Waals surface area contributed by atoms with Crippen LogP contribution in [0.15, 0.2) is 41.4 Å². The Labute approximate surface area is 212 Å². The summed E-state index contributed by atoms with van der Waals surface area (Å²) < 4.78 is 22.0. The zero-order chi connectivity index (χ0) is 22.6. The molecule has 0 spiro atoms. The molecule has 2 aromatic rings. The van der Waals surface area contributed by atoms with Crippen LogP contribution in [0.3, 0.4) is 0 Å². The van der Waals surface area contributed by atoms with Crippen molar-refractivity contribution >= 4 is 47.4 Å². The molecule has 0 fully saturated rings. The number of hydrogen-bond donors (Lipinski definition) is 2. The van der Waals surface area contributed by atoms with Crippen molar-refractivity contribution in [3.05, 3.63) is 42.0 Å². The summed E-state index contributed by atoms with van der Waals surface area (Å²) in [5.41, 5.74) is 1.87. The van der Waals surface area contributed by atoms with Crippen LogP contribution in [0.1, 0.15) is 19.4 Å². The molecule has 0 unspecified atom stereocenters. The molecule has 0 radical (unpaired) electrons. The molecule has 0 atom stereocenters. The lowest BCUT2D eigenvalue weighted by molar-refractivity contribution is 0.242. The van der Waals surface area contributed by atoms with Crippen molar-refractivity contribution in [2.45, 2.75) is 26.5 Å². The highest BCUT2D eigenvalue weighted by Crippen LogP contribution is 2.38. The molecule has 0 saturated carbocycles. The number of hydrogen-bond acceptors (Lipinski definition) is 6. The molecule has 2 rings (SSSR count). The minimum atomic E-state index is 0. The van der Waals surface area contributed by atoms with Crippen LogP contribution in [-0.4, -0.2) is 51.9 Å². The molecule has 0 heterocycles. The summed E-state index contributed by atoms with van der Waals surface area (Å²) in [6.07, 6.45) is 2.22. The molecule has 0 aromatic heterocycles. The average Bonchev–Trinajstić information content (AvgIpc) is 2.77. The third kappa shape index (κ3) is 8.85. The SMILES string of the molecule is COc1cc(CN=C(NCCSC)Nc2ccc(OC(C)C)cc2)cc(OC)c1OC.I. The normalized spacial score (nSPS) is 10.9. The fourth-order valence-electron chi connectivity index (χ4n) is 2.83. The van der Waals surface area contributed by atoms with Gasteiger partial charge in [-0.05, 0) is 62.1 Å². The van der Waals surface area contributed by atoms with Gasteiger partial charge in [0.25, 0.3) is 0 Å². The van der Waals surface area contributed by atoms with E-state index in [-0.39, 0.29) is 30.1 Å². The Morgan fingerprint density at radius 2 is 1.62 bits per heavy atom. The summed E-state index contributed by atoms with van der Waals surface area (Å²) in [6.45, 7) is 5.27. The van der Waals surface area contributed by atoms with Gasteiger partial charge in [0.05, 0.1) is 34.0 Å². The molecule has 0 aliphatic rings. The minimum Gasteiger partial charge on any atom is -0.493 e. The second kappa shape index (κ2) is 14.9.